The molecular weight excluding hydrogens is 1260 g/mol. The quantitative estimate of drug-likeness (QED) is 0.112. The van der Waals surface area contributed by atoms with Crippen LogP contribution in [0.5, 0.6) is 0 Å². The molecule has 21 rings (SSSR count). The number of anilines is 3. The number of rotatable bonds is 13. The second-order valence-electron chi connectivity index (χ2n) is 30.6. The van der Waals surface area contributed by atoms with Crippen molar-refractivity contribution >= 4 is 158 Å². The van der Waals surface area contributed by atoms with E-state index in [4.69, 9.17) is 0 Å². The average molecular weight is 1330 g/mol. The van der Waals surface area contributed by atoms with Gasteiger partial charge in [0.25, 0.3) is 0 Å². The van der Waals surface area contributed by atoms with E-state index in [-0.39, 0.29) is 0 Å². The van der Waals surface area contributed by atoms with Crippen molar-refractivity contribution in [1.82, 2.24) is 13.4 Å². The molecule has 0 aliphatic carbocycles. The van der Waals surface area contributed by atoms with Crippen LogP contribution in [0.1, 0.15) is 100 Å². The number of fused-ring (bicyclic) bond motifs is 19. The van der Waals surface area contributed by atoms with Crippen molar-refractivity contribution in [1.29, 1.82) is 0 Å². The van der Waals surface area contributed by atoms with E-state index in [1.807, 2.05) is 0 Å². The molecule has 16 aromatic carbocycles. The molecule has 21 aromatic rings. The summed E-state index contributed by atoms with van der Waals surface area (Å²) >= 11 is 0. The molecule has 0 aliphatic rings. The Hall–Kier alpha value is -12.2. The molecule has 5 aromatic heterocycles. The molecule has 0 saturated heterocycles. The van der Waals surface area contributed by atoms with E-state index < -0.39 is 0 Å². The molecule has 0 bridgehead atoms. The first-order chi connectivity index (χ1) is 51.0. The molecule has 0 saturated carbocycles. The number of para-hydroxylation sites is 4. The van der Waals surface area contributed by atoms with E-state index in [1.165, 1.54) is 186 Å². The van der Waals surface area contributed by atoms with Gasteiger partial charge in [0.1, 0.15) is 0 Å². The second kappa shape index (κ2) is 23.1. The summed E-state index contributed by atoms with van der Waals surface area (Å²) in [6.45, 7) is 14.0. The second-order valence-corrected chi connectivity index (χ2v) is 30.6. The highest BCUT2D eigenvalue weighted by Crippen LogP contribution is 2.48. The zero-order chi connectivity index (χ0) is 69.3. The summed E-state index contributed by atoms with van der Waals surface area (Å²) in [5.74, 6) is 1.65. The van der Waals surface area contributed by atoms with Crippen molar-refractivity contribution in [2.45, 2.75) is 78.1 Å². The van der Waals surface area contributed by atoms with E-state index in [1.54, 1.807) is 0 Å². The summed E-state index contributed by atoms with van der Waals surface area (Å²) in [5, 5.41) is 23.2. The molecule has 0 spiro atoms. The molecule has 0 aliphatic heterocycles. The molecule has 0 amide bonds. The van der Waals surface area contributed by atoms with Crippen LogP contribution in [0.15, 0.2) is 303 Å². The molecule has 2 atom stereocenters. The van der Waals surface area contributed by atoms with Gasteiger partial charge in [-0.05, 0) is 258 Å². The molecular formula is C100H76N4. The Kier molecular flexibility index (Phi) is 13.5. The lowest BCUT2D eigenvalue weighted by Gasteiger charge is -2.25. The van der Waals surface area contributed by atoms with Crippen LogP contribution in [0.3, 0.4) is 0 Å². The largest absolute Gasteiger partial charge is 0.311 e. The normalized spacial score (nSPS) is 13.1. The van der Waals surface area contributed by atoms with Gasteiger partial charge in [0, 0.05) is 76.6 Å². The van der Waals surface area contributed by atoms with Gasteiger partial charge < -0.3 is 18.3 Å². The zero-order valence-corrected chi connectivity index (χ0v) is 59.4. The topological polar surface area (TPSA) is 17.0 Å². The molecule has 0 N–H and O–H groups in total. The molecule has 2 unspecified atom stereocenters. The van der Waals surface area contributed by atoms with Crippen LogP contribution in [0.2, 0.25) is 0 Å². The predicted molar refractivity (Wildman–Crippen MR) is 446 cm³/mol. The molecule has 4 nitrogen and oxygen atoms in total. The van der Waals surface area contributed by atoms with Crippen LogP contribution >= 0.6 is 0 Å². The van der Waals surface area contributed by atoms with Crippen molar-refractivity contribution in [3.63, 3.8) is 0 Å². The maximum Gasteiger partial charge on any atom is 0.0620 e. The zero-order valence-electron chi connectivity index (χ0n) is 59.4. The standard InChI is InChI=1S/C100H76N4/c1-59(2)65-27-31-69-55-95-85(47-73(69)43-65)89-51-77(63-35-39-81(40-36-63)101(79-17-9-7-10-18-79)80-19-11-8-12-20-80)52-91-87-49-75-45-67(29-33-71(75)57-97(87)103(95)99(89)91)61(5)25-26-62(6)68-30-34-72-58-98-88(50-76(72)46-68)92-54-78(53-90-86-48-74-44-66(60(3)4)28-32-70(74)56-96(86)104(98)100(90)92)64-37-41-82(42-38-64)102-93-23-15-13-21-83(93)84-22-14-16-24-94(84)102/h7-24,27-62H,25-26H2,1-6H3. The average Bonchev–Trinajstić information content (AvgIpc) is 1.54. The van der Waals surface area contributed by atoms with Crippen molar-refractivity contribution < 1.29 is 0 Å². The highest BCUT2D eigenvalue weighted by atomic mass is 15.1. The third-order valence-electron chi connectivity index (χ3n) is 23.7. The first-order valence-corrected chi connectivity index (χ1v) is 37.4. The minimum absolute atomic E-state index is 0.372. The number of nitrogens with zero attached hydrogens (tertiary/aromatic N) is 4. The molecule has 5 heterocycles. The van der Waals surface area contributed by atoms with Crippen LogP contribution < -0.4 is 4.90 Å². The first-order valence-electron chi connectivity index (χ1n) is 37.4. The summed E-state index contributed by atoms with van der Waals surface area (Å²) < 4.78 is 7.56. The minimum atomic E-state index is 0.372. The van der Waals surface area contributed by atoms with Crippen molar-refractivity contribution in [3.8, 4) is 27.9 Å². The molecule has 0 radical (unpaired) electrons. The van der Waals surface area contributed by atoms with E-state index in [0.717, 1.165) is 35.6 Å². The van der Waals surface area contributed by atoms with Crippen LogP contribution in [0.25, 0.3) is 169 Å². The van der Waals surface area contributed by atoms with Crippen molar-refractivity contribution in [2.75, 3.05) is 4.90 Å². The molecule has 0 fully saturated rings. The third-order valence-corrected chi connectivity index (χ3v) is 23.7. The maximum absolute atomic E-state index is 2.57. The van der Waals surface area contributed by atoms with Gasteiger partial charge >= 0.3 is 0 Å². The molecule has 104 heavy (non-hydrogen) atoms. The Bertz CT molecular complexity index is 6960. The fourth-order valence-electron chi connectivity index (χ4n) is 18.0. The number of aromatic nitrogens is 3. The van der Waals surface area contributed by atoms with Gasteiger partial charge in [0.2, 0.25) is 0 Å². The summed E-state index contributed by atoms with van der Waals surface area (Å²) in [5.41, 5.74) is 25.0. The van der Waals surface area contributed by atoms with E-state index >= 15 is 0 Å². The number of hydrogen-bond acceptors (Lipinski definition) is 1. The minimum Gasteiger partial charge on any atom is -0.311 e. The van der Waals surface area contributed by atoms with Gasteiger partial charge in [0.05, 0.1) is 44.1 Å². The number of hydrogen-bond donors (Lipinski definition) is 0. The summed E-state index contributed by atoms with van der Waals surface area (Å²) in [4.78, 5) is 2.34. The van der Waals surface area contributed by atoms with Gasteiger partial charge in [0.15, 0.2) is 0 Å². The Labute approximate surface area is 604 Å². The van der Waals surface area contributed by atoms with Gasteiger partial charge in [-0.1, -0.05) is 211 Å². The van der Waals surface area contributed by atoms with Crippen LogP contribution in [-0.4, -0.2) is 13.4 Å². The maximum atomic E-state index is 2.57. The highest BCUT2D eigenvalue weighted by Gasteiger charge is 2.25. The van der Waals surface area contributed by atoms with Crippen LogP contribution in [0.4, 0.5) is 17.1 Å². The molecule has 496 valence electrons. The van der Waals surface area contributed by atoms with Crippen molar-refractivity contribution in [2.24, 2.45) is 0 Å². The first kappa shape index (κ1) is 60.5. The predicted octanol–water partition coefficient (Wildman–Crippen LogP) is 28.4. The summed E-state index contributed by atoms with van der Waals surface area (Å²) in [6.07, 6.45) is 2.17. The monoisotopic (exact) mass is 1330 g/mol. The highest BCUT2D eigenvalue weighted by molar-refractivity contribution is 6.29. The number of benzene rings is 16. The van der Waals surface area contributed by atoms with Gasteiger partial charge in [-0.3, -0.25) is 0 Å². The third kappa shape index (κ3) is 9.37. The lowest BCUT2D eigenvalue weighted by atomic mass is 9.87. The van der Waals surface area contributed by atoms with Crippen LogP contribution in [-0.2, 0) is 0 Å². The summed E-state index contributed by atoms with van der Waals surface area (Å²) in [6, 6.07) is 116. The smallest absolute Gasteiger partial charge is 0.0620 e. The van der Waals surface area contributed by atoms with Crippen LogP contribution in [0, 0.1) is 0 Å². The van der Waals surface area contributed by atoms with Gasteiger partial charge in [-0.2, -0.15) is 0 Å². The van der Waals surface area contributed by atoms with E-state index in [2.05, 4.69) is 363 Å². The van der Waals surface area contributed by atoms with Gasteiger partial charge in [-0.25, -0.2) is 0 Å². The van der Waals surface area contributed by atoms with E-state index in [9.17, 15) is 0 Å². The van der Waals surface area contributed by atoms with Gasteiger partial charge in [-0.15, -0.1) is 0 Å². The fraction of sp³-hybridized carbons (Fsp3) is 0.120. The van der Waals surface area contributed by atoms with E-state index in [0.29, 0.717) is 23.7 Å². The Morgan fingerprint density at radius 2 is 0.567 bits per heavy atom. The Morgan fingerprint density at radius 3 is 0.942 bits per heavy atom. The van der Waals surface area contributed by atoms with Crippen molar-refractivity contribution in [3.05, 3.63) is 326 Å². The Balaban J connectivity index is 0.622. The Morgan fingerprint density at radius 1 is 0.240 bits per heavy atom. The lowest BCUT2D eigenvalue weighted by molar-refractivity contribution is 0.574. The fourth-order valence-corrected chi connectivity index (χ4v) is 18.0. The SMILES string of the molecule is CC(C)c1ccc2cc3c(cc2c1)c1cc(-c2ccc(N(c4ccccc4)c4ccccc4)cc2)cc2c4cc5cc(C(C)CCC(C)c6ccc7cc8c(cc7c6)c6cc(-c7ccc(-n9c%10ccccc%10c%10ccccc%109)cc7)cc7c9cc%10cc(C(C)C)ccc%10cc9n8c76)ccc5cc4n3c12. The molecule has 4 heteroatoms. The summed E-state index contributed by atoms with van der Waals surface area (Å²) in [7, 11) is 0. The lowest BCUT2D eigenvalue weighted by Crippen LogP contribution is -2.09.